The van der Waals surface area contributed by atoms with Crippen LogP contribution in [-0.4, -0.2) is 32.0 Å². The van der Waals surface area contributed by atoms with Gasteiger partial charge in [0.05, 0.1) is 12.8 Å². The van der Waals surface area contributed by atoms with Crippen molar-refractivity contribution in [3.63, 3.8) is 0 Å². The first-order chi connectivity index (χ1) is 16.4. The highest BCUT2D eigenvalue weighted by Gasteiger charge is 2.48. The second-order valence-corrected chi connectivity index (χ2v) is 8.51. The highest BCUT2D eigenvalue weighted by Crippen LogP contribution is 2.31. The van der Waals surface area contributed by atoms with E-state index in [1.165, 1.54) is 12.1 Å². The first kappa shape index (κ1) is 21.6. The Balaban J connectivity index is 1.48. The van der Waals surface area contributed by atoms with Gasteiger partial charge in [0.2, 0.25) is 5.91 Å². The second-order valence-electron chi connectivity index (χ2n) is 8.51. The third-order valence-electron chi connectivity index (χ3n) is 6.09. The number of rotatable bonds is 6. The molecule has 2 amide bonds. The molecule has 1 atom stereocenters. The number of hydrogen-bond acceptors (Lipinski definition) is 4. The van der Waals surface area contributed by atoms with Crippen LogP contribution < -0.4 is 5.32 Å². The lowest BCUT2D eigenvalue weighted by Gasteiger charge is -2.43. The Bertz CT molecular complexity index is 1330. The first-order valence-electron chi connectivity index (χ1n) is 10.9. The zero-order chi connectivity index (χ0) is 23.7. The maximum atomic E-state index is 13.6. The number of nitrogens with zero attached hydrogens (tertiary/aromatic N) is 3. The predicted octanol–water partition coefficient (Wildman–Crippen LogP) is 4.01. The van der Waals surface area contributed by atoms with Gasteiger partial charge in [-0.2, -0.15) is 5.10 Å². The molecule has 0 bridgehead atoms. The number of carbonyl (C=O) groups is 2. The van der Waals surface area contributed by atoms with Crippen LogP contribution in [0.15, 0.2) is 83.5 Å². The summed E-state index contributed by atoms with van der Waals surface area (Å²) in [7, 11) is 0. The van der Waals surface area contributed by atoms with Gasteiger partial charge < -0.3 is 14.6 Å². The molecule has 1 aliphatic heterocycles. The Hall–Kier alpha value is -4.20. The van der Waals surface area contributed by atoms with E-state index in [1.54, 1.807) is 53.1 Å². The normalized spacial score (nSPS) is 17.5. The summed E-state index contributed by atoms with van der Waals surface area (Å²) in [5.74, 6) is -0.477. The fourth-order valence-corrected chi connectivity index (χ4v) is 4.22. The molecule has 0 fully saturated rings. The van der Waals surface area contributed by atoms with E-state index in [2.05, 4.69) is 10.4 Å². The Morgan fingerprint density at radius 1 is 1.09 bits per heavy atom. The van der Waals surface area contributed by atoms with E-state index >= 15 is 0 Å². The summed E-state index contributed by atoms with van der Waals surface area (Å²) in [6.45, 7) is 2.29. The largest absolute Gasteiger partial charge is 0.463 e. The summed E-state index contributed by atoms with van der Waals surface area (Å²) in [5, 5.41) is 7.42. The van der Waals surface area contributed by atoms with Crippen molar-refractivity contribution in [3.8, 4) is 11.5 Å². The molecule has 172 valence electrons. The fraction of sp³-hybridized carbons (Fsp3) is 0.192. The highest BCUT2D eigenvalue weighted by molar-refractivity contribution is 6.00. The lowest BCUT2D eigenvalue weighted by atomic mass is 9.94. The molecular formula is C26H23FN4O3. The lowest BCUT2D eigenvalue weighted by molar-refractivity contribution is -0.133. The molecule has 7 nitrogen and oxygen atoms in total. The zero-order valence-electron chi connectivity index (χ0n) is 18.6. The highest BCUT2D eigenvalue weighted by atomic mass is 19.1. The summed E-state index contributed by atoms with van der Waals surface area (Å²) >= 11 is 0. The number of aromatic nitrogens is 2. The number of carbonyl (C=O) groups excluding carboxylic acids is 2. The molecule has 8 heteroatoms. The van der Waals surface area contributed by atoms with Crippen molar-refractivity contribution in [3.05, 3.63) is 102 Å². The van der Waals surface area contributed by atoms with E-state index < -0.39 is 5.54 Å². The molecule has 5 rings (SSSR count). The molecule has 4 aromatic rings. The monoisotopic (exact) mass is 458 g/mol. The number of amides is 2. The minimum absolute atomic E-state index is 0.142. The Morgan fingerprint density at radius 2 is 1.88 bits per heavy atom. The second kappa shape index (κ2) is 8.62. The Labute approximate surface area is 195 Å². The molecule has 0 spiro atoms. The minimum Gasteiger partial charge on any atom is -0.463 e. The number of nitrogens with one attached hydrogen (secondary N) is 1. The first-order valence-corrected chi connectivity index (χ1v) is 10.9. The minimum atomic E-state index is -1.22. The average molecular weight is 458 g/mol. The van der Waals surface area contributed by atoms with Crippen LogP contribution in [0.4, 0.5) is 4.39 Å². The van der Waals surface area contributed by atoms with Gasteiger partial charge in [0, 0.05) is 19.2 Å². The molecular weight excluding hydrogens is 435 g/mol. The smallest absolute Gasteiger partial charge is 0.273 e. The van der Waals surface area contributed by atoms with Crippen molar-refractivity contribution in [2.45, 2.75) is 32.1 Å². The quantitative estimate of drug-likeness (QED) is 0.473. The molecule has 34 heavy (non-hydrogen) atoms. The molecule has 0 saturated heterocycles. The van der Waals surface area contributed by atoms with Gasteiger partial charge in [0.1, 0.15) is 22.7 Å². The van der Waals surface area contributed by atoms with Crippen molar-refractivity contribution < 1.29 is 18.4 Å². The topological polar surface area (TPSA) is 80.4 Å². The summed E-state index contributed by atoms with van der Waals surface area (Å²) in [6, 6.07) is 20.8. The Kier molecular flexibility index (Phi) is 5.49. The summed E-state index contributed by atoms with van der Waals surface area (Å²) in [4.78, 5) is 28.7. The number of hydrogen-bond donors (Lipinski definition) is 1. The molecule has 0 aliphatic carbocycles. The van der Waals surface area contributed by atoms with Crippen molar-refractivity contribution >= 4 is 11.8 Å². The lowest BCUT2D eigenvalue weighted by Crippen LogP contribution is -2.63. The molecule has 0 unspecified atom stereocenters. The molecule has 2 aromatic carbocycles. The number of furan rings is 1. The van der Waals surface area contributed by atoms with Gasteiger partial charge in [0.25, 0.3) is 5.91 Å². The van der Waals surface area contributed by atoms with Crippen LogP contribution in [0.3, 0.4) is 0 Å². The number of halogens is 1. The molecule has 1 N–H and O–H groups in total. The zero-order valence-corrected chi connectivity index (χ0v) is 18.6. The summed E-state index contributed by atoms with van der Waals surface area (Å²) in [5.41, 5.74) is 1.22. The van der Waals surface area contributed by atoms with Gasteiger partial charge in [-0.1, -0.05) is 42.5 Å². The van der Waals surface area contributed by atoms with E-state index in [-0.39, 0.29) is 37.3 Å². The standard InChI is InChI=1S/C26H23FN4O3/c1-26(25(33)28-15-19-9-5-10-20(27)13-19)17-31-22(14-21(29-31)23-11-6-12-34-23)24(32)30(26)16-18-7-3-2-4-8-18/h2-14H,15-17H2,1H3,(H,28,33)/t26-/m1/s1. The van der Waals surface area contributed by atoms with Gasteiger partial charge in [-0.3, -0.25) is 14.3 Å². The van der Waals surface area contributed by atoms with Crippen LogP contribution in [0.2, 0.25) is 0 Å². The van der Waals surface area contributed by atoms with E-state index in [4.69, 9.17) is 4.42 Å². The molecule has 1 aliphatic rings. The van der Waals surface area contributed by atoms with Crippen LogP contribution in [0.5, 0.6) is 0 Å². The van der Waals surface area contributed by atoms with Crippen LogP contribution in [0, 0.1) is 5.82 Å². The van der Waals surface area contributed by atoms with Crippen molar-refractivity contribution in [2.75, 3.05) is 0 Å². The maximum Gasteiger partial charge on any atom is 0.273 e. The Morgan fingerprint density at radius 3 is 2.62 bits per heavy atom. The molecule has 2 aromatic heterocycles. The van der Waals surface area contributed by atoms with E-state index in [9.17, 15) is 14.0 Å². The maximum absolute atomic E-state index is 13.6. The molecule has 0 saturated carbocycles. The van der Waals surface area contributed by atoms with Crippen molar-refractivity contribution in [2.24, 2.45) is 0 Å². The predicted molar refractivity (Wildman–Crippen MR) is 123 cm³/mol. The number of benzene rings is 2. The van der Waals surface area contributed by atoms with Crippen LogP contribution in [-0.2, 0) is 24.4 Å². The third-order valence-corrected chi connectivity index (χ3v) is 6.09. The van der Waals surface area contributed by atoms with Gasteiger partial charge in [-0.15, -0.1) is 0 Å². The molecule has 0 radical (unpaired) electrons. The molecule has 3 heterocycles. The average Bonchev–Trinajstić information content (AvgIpc) is 3.51. The summed E-state index contributed by atoms with van der Waals surface area (Å²) in [6.07, 6.45) is 1.54. The fourth-order valence-electron chi connectivity index (χ4n) is 4.22. The van der Waals surface area contributed by atoms with E-state index in [0.29, 0.717) is 22.7 Å². The van der Waals surface area contributed by atoms with Gasteiger partial charge in [0.15, 0.2) is 5.76 Å². The summed E-state index contributed by atoms with van der Waals surface area (Å²) < 4.78 is 20.6. The van der Waals surface area contributed by atoms with E-state index in [0.717, 1.165) is 5.56 Å². The van der Waals surface area contributed by atoms with Gasteiger partial charge in [-0.05, 0) is 42.3 Å². The van der Waals surface area contributed by atoms with Crippen LogP contribution in [0.1, 0.15) is 28.5 Å². The van der Waals surface area contributed by atoms with E-state index in [1.807, 2.05) is 30.3 Å². The SMILES string of the molecule is C[C@]1(C(=O)NCc2cccc(F)c2)Cn2nc(-c3ccco3)cc2C(=O)N1Cc1ccccc1. The van der Waals surface area contributed by atoms with Crippen molar-refractivity contribution in [1.82, 2.24) is 20.0 Å². The third kappa shape index (κ3) is 3.98. The van der Waals surface area contributed by atoms with Gasteiger partial charge in [-0.25, -0.2) is 4.39 Å². The van der Waals surface area contributed by atoms with Gasteiger partial charge >= 0.3 is 0 Å². The van der Waals surface area contributed by atoms with Crippen molar-refractivity contribution in [1.29, 1.82) is 0 Å². The van der Waals surface area contributed by atoms with Crippen LogP contribution >= 0.6 is 0 Å². The van der Waals surface area contributed by atoms with Crippen LogP contribution in [0.25, 0.3) is 11.5 Å². The number of fused-ring (bicyclic) bond motifs is 1.